The number of sulfone groups is 1. The second-order valence-electron chi connectivity index (χ2n) is 11.1. The van der Waals surface area contributed by atoms with Gasteiger partial charge in [-0.2, -0.15) is 5.26 Å². The van der Waals surface area contributed by atoms with E-state index in [0.717, 1.165) is 19.1 Å². The number of rotatable bonds is 8. The number of nitrogens with zero attached hydrogens (tertiary/aromatic N) is 3. The largest absolute Gasteiger partial charge is 0.383 e. The molecule has 0 spiro atoms. The Morgan fingerprint density at radius 2 is 2.00 bits per heavy atom. The van der Waals surface area contributed by atoms with Crippen LogP contribution in [0.4, 0.5) is 15.8 Å². The highest BCUT2D eigenvalue weighted by atomic mass is 32.2. The number of pyridine rings is 1. The summed E-state index contributed by atoms with van der Waals surface area (Å²) in [6.45, 7) is 6.65. The molecule has 39 heavy (non-hydrogen) atoms. The number of hydrazine groups is 2. The van der Waals surface area contributed by atoms with Crippen molar-refractivity contribution in [3.05, 3.63) is 71.4 Å². The average Bonchev–Trinajstić information content (AvgIpc) is 3.61. The molecule has 9 nitrogen and oxygen atoms in total. The number of anilines is 2. The van der Waals surface area contributed by atoms with Gasteiger partial charge >= 0.3 is 0 Å². The van der Waals surface area contributed by atoms with Crippen molar-refractivity contribution < 1.29 is 14.2 Å². The van der Waals surface area contributed by atoms with Gasteiger partial charge in [0.2, 0.25) is 0 Å². The standard InChI is InChI=1S/C28H32FN7O2S/c1-28(2,3)16-32-25-18(13-30)14-31-27-22(25)11-20(12-24(27)39(4,37)38)33-26(17-5-7-19(29)8-6-17)23-15-36(35-34-23)21-9-10-21/h5-8,11-12,14-15,21,26,33-35H,9-10,16H2,1-4H3,(H,31,32)/t26-/m1/s1/i26D. The van der Waals surface area contributed by atoms with Crippen molar-refractivity contribution >= 4 is 32.1 Å². The van der Waals surface area contributed by atoms with Crippen LogP contribution in [-0.4, -0.2) is 37.3 Å². The van der Waals surface area contributed by atoms with Crippen LogP contribution in [0.25, 0.3) is 10.9 Å². The fraction of sp³-hybridized carbons (Fsp3) is 0.357. The van der Waals surface area contributed by atoms with Crippen molar-refractivity contribution in [2.75, 3.05) is 23.4 Å². The Morgan fingerprint density at radius 1 is 1.28 bits per heavy atom. The normalized spacial score (nSPS) is 17.6. The van der Waals surface area contributed by atoms with E-state index < -0.39 is 21.7 Å². The lowest BCUT2D eigenvalue weighted by Gasteiger charge is -2.24. The minimum Gasteiger partial charge on any atom is -0.383 e. The predicted octanol–water partition coefficient (Wildman–Crippen LogP) is 4.59. The second kappa shape index (κ2) is 10.0. The maximum atomic E-state index is 13.8. The third-order valence-electron chi connectivity index (χ3n) is 6.45. The van der Waals surface area contributed by atoms with E-state index in [1.165, 1.54) is 36.5 Å². The molecule has 2 aliphatic rings. The lowest BCUT2D eigenvalue weighted by molar-refractivity contribution is 0.260. The molecule has 5 rings (SSSR count). The zero-order valence-corrected chi connectivity index (χ0v) is 23.1. The van der Waals surface area contributed by atoms with E-state index in [1.54, 1.807) is 12.3 Å². The van der Waals surface area contributed by atoms with Crippen LogP contribution in [0, 0.1) is 22.6 Å². The van der Waals surface area contributed by atoms with Gasteiger partial charge in [0, 0.05) is 42.3 Å². The van der Waals surface area contributed by atoms with Crippen LogP contribution in [0.3, 0.4) is 0 Å². The van der Waals surface area contributed by atoms with Gasteiger partial charge in [0.25, 0.3) is 0 Å². The van der Waals surface area contributed by atoms with Gasteiger partial charge in [0.1, 0.15) is 11.9 Å². The summed E-state index contributed by atoms with van der Waals surface area (Å²) in [5, 5.41) is 18.7. The third-order valence-corrected chi connectivity index (χ3v) is 7.56. The molecule has 0 unspecified atom stereocenters. The molecule has 2 heterocycles. The lowest BCUT2D eigenvalue weighted by atomic mass is 9.96. The molecule has 0 radical (unpaired) electrons. The molecule has 1 fully saturated rings. The monoisotopic (exact) mass is 550 g/mol. The van der Waals surface area contributed by atoms with Crippen molar-refractivity contribution in [2.45, 2.75) is 50.6 Å². The van der Waals surface area contributed by atoms with Crippen molar-refractivity contribution in [1.29, 1.82) is 5.26 Å². The summed E-state index contributed by atoms with van der Waals surface area (Å²) in [6.07, 6.45) is 6.31. The van der Waals surface area contributed by atoms with E-state index >= 15 is 0 Å². The van der Waals surface area contributed by atoms with Gasteiger partial charge in [-0.25, -0.2) is 12.8 Å². The lowest BCUT2D eigenvalue weighted by Crippen LogP contribution is -2.38. The molecule has 1 aliphatic heterocycles. The quantitative estimate of drug-likeness (QED) is 0.319. The summed E-state index contributed by atoms with van der Waals surface area (Å²) in [7, 11) is -3.76. The first-order valence-electron chi connectivity index (χ1n) is 13.2. The highest BCUT2D eigenvalue weighted by molar-refractivity contribution is 7.91. The molecule has 1 atom stereocenters. The summed E-state index contributed by atoms with van der Waals surface area (Å²) in [4.78, 5) is 4.31. The van der Waals surface area contributed by atoms with Crippen LogP contribution in [0.15, 0.2) is 59.4 Å². The second-order valence-corrected chi connectivity index (χ2v) is 13.1. The summed E-state index contributed by atoms with van der Waals surface area (Å²) in [5.74, 6) is -0.438. The fourth-order valence-corrected chi connectivity index (χ4v) is 5.17. The van der Waals surface area contributed by atoms with Gasteiger partial charge in [-0.1, -0.05) is 32.9 Å². The number of halogens is 1. The molecule has 11 heteroatoms. The Balaban J connectivity index is 1.68. The maximum absolute atomic E-state index is 13.8. The Labute approximate surface area is 229 Å². The first-order chi connectivity index (χ1) is 18.8. The van der Waals surface area contributed by atoms with Crippen LogP contribution in [0.1, 0.15) is 52.1 Å². The highest BCUT2D eigenvalue weighted by Crippen LogP contribution is 2.37. The summed E-state index contributed by atoms with van der Waals surface area (Å²) in [6, 6.07) is 9.52. The van der Waals surface area contributed by atoms with Gasteiger partial charge in [0.15, 0.2) is 9.84 Å². The van der Waals surface area contributed by atoms with Gasteiger partial charge in [-0.3, -0.25) is 9.99 Å². The Hall–Kier alpha value is -3.88. The molecule has 1 aliphatic carbocycles. The topological polar surface area (TPSA) is 122 Å². The summed E-state index contributed by atoms with van der Waals surface area (Å²) >= 11 is 0. The zero-order valence-electron chi connectivity index (χ0n) is 23.3. The maximum Gasteiger partial charge on any atom is 0.177 e. The molecule has 0 bridgehead atoms. The van der Waals surface area contributed by atoms with E-state index in [0.29, 0.717) is 40.6 Å². The number of aromatic nitrogens is 1. The molecular weight excluding hydrogens is 517 g/mol. The van der Waals surface area contributed by atoms with Crippen molar-refractivity contribution in [3.8, 4) is 6.07 Å². The summed E-state index contributed by atoms with van der Waals surface area (Å²) < 4.78 is 49.3. The van der Waals surface area contributed by atoms with E-state index in [4.69, 9.17) is 0 Å². The van der Waals surface area contributed by atoms with Crippen molar-refractivity contribution in [1.82, 2.24) is 21.0 Å². The van der Waals surface area contributed by atoms with E-state index in [9.17, 15) is 19.4 Å². The number of nitrogens with one attached hydrogen (secondary N) is 4. The number of benzene rings is 2. The van der Waals surface area contributed by atoms with Crippen LogP contribution in [0.2, 0.25) is 0 Å². The highest BCUT2D eigenvalue weighted by Gasteiger charge is 2.32. The first kappa shape index (κ1) is 25.4. The number of fused-ring (bicyclic) bond motifs is 1. The van der Waals surface area contributed by atoms with Crippen LogP contribution in [-0.2, 0) is 9.84 Å². The molecule has 3 aromatic rings. The molecule has 0 saturated heterocycles. The number of hydrogen-bond acceptors (Lipinski definition) is 9. The van der Waals surface area contributed by atoms with Crippen LogP contribution in [0.5, 0.6) is 0 Å². The van der Waals surface area contributed by atoms with Crippen LogP contribution < -0.4 is 21.6 Å². The van der Waals surface area contributed by atoms with Gasteiger partial charge in [-0.05, 0) is 48.1 Å². The SMILES string of the molecule is [2H][C@](Nc1cc(S(C)(=O)=O)c2ncc(C#N)c(NCC(C)(C)C)c2c1)(C1=CN(C2CC2)NN1)c1ccc(F)cc1. The molecule has 1 saturated carbocycles. The number of hydrogen-bond donors (Lipinski definition) is 4. The minimum absolute atomic E-state index is 0.0386. The average molecular weight is 551 g/mol. The van der Waals surface area contributed by atoms with Gasteiger partial charge < -0.3 is 16.1 Å². The molecule has 2 aromatic carbocycles. The smallest absolute Gasteiger partial charge is 0.177 e. The molecule has 4 N–H and O–H groups in total. The molecule has 204 valence electrons. The third kappa shape index (κ3) is 5.92. The fourth-order valence-electron chi connectivity index (χ4n) is 4.31. The Kier molecular flexibility index (Phi) is 6.53. The van der Waals surface area contributed by atoms with E-state index in [1.807, 2.05) is 25.8 Å². The van der Waals surface area contributed by atoms with Crippen molar-refractivity contribution in [2.24, 2.45) is 5.41 Å². The van der Waals surface area contributed by atoms with Gasteiger partial charge in [-0.15, -0.1) is 5.53 Å². The Bertz CT molecular complexity index is 1640. The predicted molar refractivity (Wildman–Crippen MR) is 149 cm³/mol. The van der Waals surface area contributed by atoms with E-state index in [2.05, 4.69) is 32.6 Å². The van der Waals surface area contributed by atoms with Gasteiger partial charge in [0.05, 0.1) is 34.7 Å². The number of nitriles is 1. The van der Waals surface area contributed by atoms with E-state index in [-0.39, 0.29) is 21.4 Å². The molecular formula is C28H32FN7O2S. The minimum atomic E-state index is -3.76. The zero-order chi connectivity index (χ0) is 28.9. The Morgan fingerprint density at radius 3 is 2.62 bits per heavy atom. The summed E-state index contributed by atoms with van der Waals surface area (Å²) in [5.41, 5.74) is 8.15. The van der Waals surface area contributed by atoms with Crippen LogP contribution >= 0.6 is 0 Å². The first-order valence-corrected chi connectivity index (χ1v) is 14.5. The van der Waals surface area contributed by atoms with Crippen molar-refractivity contribution in [3.63, 3.8) is 0 Å². The molecule has 0 amide bonds. The molecule has 1 aromatic heterocycles.